The van der Waals surface area contributed by atoms with Crippen LogP contribution in [0.4, 0.5) is 0 Å². The van der Waals surface area contributed by atoms with E-state index in [2.05, 4.69) is 17.0 Å². The minimum atomic E-state index is 0.00699. The number of carbonyl (C=O) groups excluding carboxylic acids is 1. The van der Waals surface area contributed by atoms with Crippen LogP contribution in [0.25, 0.3) is 0 Å². The van der Waals surface area contributed by atoms with Crippen molar-refractivity contribution >= 4 is 18.1 Å². The summed E-state index contributed by atoms with van der Waals surface area (Å²) in [4.78, 5) is 13.0. The van der Waals surface area contributed by atoms with Crippen molar-refractivity contribution in [3.8, 4) is 5.75 Å². The summed E-state index contributed by atoms with van der Waals surface area (Å²) in [7, 11) is 1.94. The van der Waals surface area contributed by atoms with E-state index in [0.717, 1.165) is 22.0 Å². The minimum absolute atomic E-state index is 0.00699. The molecule has 2 N–H and O–H groups in total. The van der Waals surface area contributed by atoms with Crippen molar-refractivity contribution in [1.29, 1.82) is 0 Å². The van der Waals surface area contributed by atoms with Crippen molar-refractivity contribution in [3.63, 3.8) is 0 Å². The number of hydrogen-bond acceptors (Lipinski definition) is 4. The van der Waals surface area contributed by atoms with Crippen molar-refractivity contribution in [2.24, 2.45) is 0 Å². The second kappa shape index (κ2) is 10.2. The van der Waals surface area contributed by atoms with Gasteiger partial charge < -0.3 is 15.0 Å². The van der Waals surface area contributed by atoms with E-state index < -0.39 is 0 Å². The van der Waals surface area contributed by atoms with E-state index in [1.165, 1.54) is 0 Å². The van der Waals surface area contributed by atoms with Gasteiger partial charge in [-0.1, -0.05) is 18.2 Å². The van der Waals surface area contributed by atoms with E-state index >= 15 is 0 Å². The van der Waals surface area contributed by atoms with Gasteiger partial charge in [0.05, 0.1) is 7.05 Å². The van der Waals surface area contributed by atoms with E-state index in [0.29, 0.717) is 31.1 Å². The fourth-order valence-corrected chi connectivity index (χ4v) is 3.11. The highest BCUT2D eigenvalue weighted by Gasteiger charge is 2.16. The van der Waals surface area contributed by atoms with Gasteiger partial charge in [-0.25, -0.2) is 0 Å². The fourth-order valence-electron chi connectivity index (χ4n) is 2.82. The maximum absolute atomic E-state index is 12.0. The minimum Gasteiger partial charge on any atom is -0.486 e. The summed E-state index contributed by atoms with van der Waals surface area (Å²) in [5.74, 6) is 1.53. The molecule has 2 rings (SSSR count). The zero-order chi connectivity index (χ0) is 20.7. The molecule has 1 heterocycles. The molecule has 0 aliphatic carbocycles. The third-order valence-electron chi connectivity index (χ3n) is 4.00. The van der Waals surface area contributed by atoms with Crippen molar-refractivity contribution in [3.05, 3.63) is 53.1 Å². The molecule has 8 heteroatoms. The van der Waals surface area contributed by atoms with Gasteiger partial charge in [0.25, 0.3) is 5.91 Å². The average Bonchev–Trinajstić information content (AvgIpc) is 2.88. The normalized spacial score (nSPS) is 12.0. The van der Waals surface area contributed by atoms with E-state index in [9.17, 15) is 4.79 Å². The highest BCUT2D eigenvalue weighted by Crippen LogP contribution is 2.14. The highest BCUT2D eigenvalue weighted by molar-refractivity contribution is 7.71. The molecule has 7 nitrogen and oxygen atoms in total. The number of hydrogen-bond donors (Lipinski definition) is 2. The van der Waals surface area contributed by atoms with Crippen molar-refractivity contribution in [1.82, 2.24) is 19.7 Å². The average molecular weight is 405 g/mol. The first kappa shape index (κ1) is 21.8. The van der Waals surface area contributed by atoms with Crippen LogP contribution >= 0.6 is 12.2 Å². The van der Waals surface area contributed by atoms with Gasteiger partial charge >= 0.3 is 0 Å². The molecule has 1 amide bonds. The van der Waals surface area contributed by atoms with Gasteiger partial charge in [0.1, 0.15) is 12.4 Å². The Morgan fingerprint density at radius 3 is 2.86 bits per heavy atom. The fraction of sp³-hybridized carbons (Fsp3) is 0.450. The van der Waals surface area contributed by atoms with Crippen LogP contribution in [0.2, 0.25) is 0 Å². The van der Waals surface area contributed by atoms with Gasteiger partial charge in [-0.05, 0) is 50.7 Å². The van der Waals surface area contributed by atoms with Crippen LogP contribution in [0.3, 0.4) is 0 Å². The molecule has 0 fully saturated rings. The van der Waals surface area contributed by atoms with E-state index in [-0.39, 0.29) is 11.9 Å². The Morgan fingerprint density at radius 2 is 2.21 bits per heavy atom. The molecule has 1 unspecified atom stereocenters. The summed E-state index contributed by atoms with van der Waals surface area (Å²) in [6, 6.07) is 8.01. The second-order valence-corrected chi connectivity index (χ2v) is 7.58. The third-order valence-corrected chi connectivity index (χ3v) is 4.43. The number of amides is 1. The zero-order valence-electron chi connectivity index (χ0n) is 17.1. The predicted octanol–water partition coefficient (Wildman–Crippen LogP) is 1.48. The van der Waals surface area contributed by atoms with Crippen LogP contribution in [0.1, 0.15) is 25.2 Å². The lowest BCUT2D eigenvalue weighted by molar-refractivity contribution is -0.895. The molecule has 0 aliphatic heterocycles. The van der Waals surface area contributed by atoms with Crippen LogP contribution in [0.5, 0.6) is 5.75 Å². The van der Waals surface area contributed by atoms with Crippen LogP contribution < -0.4 is 15.0 Å². The lowest BCUT2D eigenvalue weighted by atomic mass is 10.2. The Balaban J connectivity index is 2.11. The lowest BCUT2D eigenvalue weighted by Gasteiger charge is -2.14. The van der Waals surface area contributed by atoms with Gasteiger partial charge in [0, 0.05) is 12.6 Å². The number of carbonyl (C=O) groups is 1. The highest BCUT2D eigenvalue weighted by atomic mass is 32.1. The molecule has 0 bridgehead atoms. The van der Waals surface area contributed by atoms with Crippen LogP contribution in [0, 0.1) is 11.7 Å². The third kappa shape index (κ3) is 6.31. The summed E-state index contributed by atoms with van der Waals surface area (Å²) in [6.45, 7) is 11.4. The summed E-state index contributed by atoms with van der Waals surface area (Å²) in [6.07, 6.45) is 1.78. The first-order chi connectivity index (χ1) is 13.3. The van der Waals surface area contributed by atoms with E-state index in [1.807, 2.05) is 56.7 Å². The quantitative estimate of drug-likeness (QED) is 0.465. The smallest absolute Gasteiger partial charge is 0.275 e. The molecule has 1 aromatic carbocycles. The number of quaternary nitrogens is 1. The van der Waals surface area contributed by atoms with Crippen LogP contribution in [-0.2, 0) is 24.6 Å². The Morgan fingerprint density at radius 1 is 1.46 bits per heavy atom. The van der Waals surface area contributed by atoms with Gasteiger partial charge in [-0.2, -0.15) is 4.68 Å². The topological polar surface area (TPSA) is 65.5 Å². The summed E-state index contributed by atoms with van der Waals surface area (Å²) < 4.78 is 10.1. The van der Waals surface area contributed by atoms with Crippen molar-refractivity contribution < 1.29 is 14.4 Å². The molecule has 152 valence electrons. The Bertz CT molecular complexity index is 872. The molecule has 0 saturated heterocycles. The first-order valence-corrected chi connectivity index (χ1v) is 9.78. The molecule has 1 atom stereocenters. The largest absolute Gasteiger partial charge is 0.486 e. The molecule has 0 saturated carbocycles. The number of ether oxygens (including phenoxy) is 1. The summed E-state index contributed by atoms with van der Waals surface area (Å²) in [5.41, 5.74) is 1.14. The molecule has 0 spiro atoms. The Kier molecular flexibility index (Phi) is 7.95. The molecule has 1 aromatic heterocycles. The second-order valence-electron chi connectivity index (χ2n) is 7.22. The van der Waals surface area contributed by atoms with E-state index in [4.69, 9.17) is 17.0 Å². The van der Waals surface area contributed by atoms with Crippen LogP contribution in [0.15, 0.2) is 36.9 Å². The first-order valence-electron chi connectivity index (χ1n) is 9.37. The van der Waals surface area contributed by atoms with Crippen LogP contribution in [-0.4, -0.2) is 39.9 Å². The number of benzene rings is 1. The Labute approximate surface area is 171 Å². The monoisotopic (exact) mass is 404 g/mol. The maximum atomic E-state index is 12.0. The Hall–Kier alpha value is -2.45. The zero-order valence-corrected chi connectivity index (χ0v) is 17.9. The number of rotatable bonds is 10. The molecular weight excluding hydrogens is 374 g/mol. The number of nitrogens with zero attached hydrogens (tertiary/aromatic N) is 3. The SMILES string of the molecule is C=CCn1c(COc2cccc(C)c2)nn(C[NH+](C)CC(=O)NC(C)C)c1=S. The summed E-state index contributed by atoms with van der Waals surface area (Å²) in [5, 5.41) is 7.52. The van der Waals surface area contributed by atoms with Crippen molar-refractivity contribution in [2.75, 3.05) is 13.6 Å². The standard InChI is InChI=1S/C20H29N5O2S/c1-6-10-24-18(13-27-17-9-7-8-16(4)11-17)22-25(20(24)28)14-23(5)12-19(26)21-15(2)3/h6-9,11,15H,1,10,12-14H2,2-5H3,(H,21,26)/p+1. The molecule has 0 aliphatic rings. The van der Waals surface area contributed by atoms with Gasteiger partial charge in [0.2, 0.25) is 4.77 Å². The van der Waals surface area contributed by atoms with Gasteiger partial charge in [-0.15, -0.1) is 11.7 Å². The molecule has 2 aromatic rings. The predicted molar refractivity (Wildman–Crippen MR) is 112 cm³/mol. The van der Waals surface area contributed by atoms with Gasteiger partial charge in [-0.3, -0.25) is 9.36 Å². The molecule has 28 heavy (non-hydrogen) atoms. The van der Waals surface area contributed by atoms with Gasteiger partial charge in [0.15, 0.2) is 19.0 Å². The van der Waals surface area contributed by atoms with Crippen molar-refractivity contribution in [2.45, 2.75) is 46.6 Å². The molecular formula is C20H30N5O2S+. The summed E-state index contributed by atoms with van der Waals surface area (Å²) >= 11 is 5.58. The van der Waals surface area contributed by atoms with E-state index in [1.54, 1.807) is 10.8 Å². The number of nitrogens with one attached hydrogen (secondary N) is 2. The number of allylic oxidation sites excluding steroid dienone is 1. The number of aryl methyl sites for hydroxylation is 1. The number of aromatic nitrogens is 3. The number of likely N-dealkylation sites (N-methyl/N-ethyl adjacent to an activating group) is 1. The maximum Gasteiger partial charge on any atom is 0.275 e. The lowest BCUT2D eigenvalue weighted by Crippen LogP contribution is -3.09. The molecule has 0 radical (unpaired) electrons.